The van der Waals surface area contributed by atoms with E-state index in [-0.39, 0.29) is 18.5 Å². The minimum atomic E-state index is -4.34. The summed E-state index contributed by atoms with van der Waals surface area (Å²) in [6.07, 6.45) is -4.34. The van der Waals surface area contributed by atoms with Gasteiger partial charge in [0.1, 0.15) is 11.4 Å². The third-order valence-electron chi connectivity index (χ3n) is 2.44. The van der Waals surface area contributed by atoms with Crippen LogP contribution in [0.3, 0.4) is 0 Å². The second-order valence-corrected chi connectivity index (χ2v) is 6.67. The summed E-state index contributed by atoms with van der Waals surface area (Å²) in [4.78, 5) is 23.2. The van der Waals surface area contributed by atoms with Crippen LogP contribution >= 0.6 is 11.9 Å². The fourth-order valence-corrected chi connectivity index (χ4v) is 1.94. The third-order valence-corrected chi connectivity index (χ3v) is 3.24. The van der Waals surface area contributed by atoms with Crippen molar-refractivity contribution in [2.45, 2.75) is 39.1 Å². The number of hydrogen-bond acceptors (Lipinski definition) is 4. The SMILES string of the molecule is CC(C)(C)OC(=O)c1ccc(CNC(=O)NSCC(F)(F)F)cc1. The lowest BCUT2D eigenvalue weighted by atomic mass is 10.1. The van der Waals surface area contributed by atoms with E-state index >= 15 is 0 Å². The van der Waals surface area contributed by atoms with Crippen LogP contribution in [0.1, 0.15) is 36.7 Å². The molecule has 0 radical (unpaired) electrons. The Morgan fingerprint density at radius 3 is 2.21 bits per heavy atom. The van der Waals surface area contributed by atoms with Crippen LogP contribution < -0.4 is 10.0 Å². The number of carbonyl (C=O) groups is 2. The highest BCUT2D eigenvalue weighted by atomic mass is 32.2. The molecule has 0 saturated carbocycles. The molecule has 0 aliphatic heterocycles. The first-order chi connectivity index (χ1) is 11.0. The minimum Gasteiger partial charge on any atom is -0.456 e. The van der Waals surface area contributed by atoms with Crippen molar-refractivity contribution in [2.75, 3.05) is 5.75 Å². The zero-order chi connectivity index (χ0) is 18.4. The first-order valence-electron chi connectivity index (χ1n) is 7.01. The zero-order valence-electron chi connectivity index (χ0n) is 13.5. The fraction of sp³-hybridized carbons (Fsp3) is 0.467. The van der Waals surface area contributed by atoms with Gasteiger partial charge in [-0.25, -0.2) is 9.59 Å². The lowest BCUT2D eigenvalue weighted by Gasteiger charge is -2.19. The van der Waals surface area contributed by atoms with E-state index in [9.17, 15) is 22.8 Å². The van der Waals surface area contributed by atoms with E-state index in [4.69, 9.17) is 4.74 Å². The first-order valence-corrected chi connectivity index (χ1v) is 7.99. The van der Waals surface area contributed by atoms with Crippen molar-refractivity contribution in [1.29, 1.82) is 0 Å². The topological polar surface area (TPSA) is 67.4 Å². The Kier molecular flexibility index (Phi) is 6.94. The van der Waals surface area contributed by atoms with Crippen molar-refractivity contribution < 1.29 is 27.5 Å². The average molecular weight is 364 g/mol. The van der Waals surface area contributed by atoms with Crippen molar-refractivity contribution in [3.8, 4) is 0 Å². The molecule has 24 heavy (non-hydrogen) atoms. The summed E-state index contributed by atoms with van der Waals surface area (Å²) < 4.78 is 43.1. The lowest BCUT2D eigenvalue weighted by molar-refractivity contribution is -0.105. The van der Waals surface area contributed by atoms with E-state index in [2.05, 4.69) is 5.32 Å². The van der Waals surface area contributed by atoms with Gasteiger partial charge in [0.2, 0.25) is 0 Å². The number of esters is 1. The Bertz CT molecular complexity index is 569. The predicted molar refractivity (Wildman–Crippen MR) is 85.5 cm³/mol. The number of benzene rings is 1. The van der Waals surface area contributed by atoms with Crippen molar-refractivity contribution in [1.82, 2.24) is 10.0 Å². The summed E-state index contributed by atoms with van der Waals surface area (Å²) in [5, 5.41) is 2.42. The van der Waals surface area contributed by atoms with E-state index < -0.39 is 29.5 Å². The maximum absolute atomic E-state index is 11.9. The van der Waals surface area contributed by atoms with Gasteiger partial charge in [-0.1, -0.05) is 12.1 Å². The fourth-order valence-electron chi connectivity index (χ4n) is 1.50. The second kappa shape index (κ2) is 8.27. The molecule has 9 heteroatoms. The molecule has 1 aromatic rings. The van der Waals surface area contributed by atoms with Crippen LogP contribution in [0.4, 0.5) is 18.0 Å². The molecule has 5 nitrogen and oxygen atoms in total. The van der Waals surface area contributed by atoms with Crippen LogP contribution in [-0.4, -0.2) is 29.5 Å². The Morgan fingerprint density at radius 1 is 1.12 bits per heavy atom. The first kappa shape index (κ1) is 20.1. The highest BCUT2D eigenvalue weighted by Gasteiger charge is 2.27. The molecule has 0 atom stereocenters. The van der Waals surface area contributed by atoms with E-state index in [0.29, 0.717) is 11.1 Å². The summed E-state index contributed by atoms with van der Waals surface area (Å²) in [6.45, 7) is 5.41. The molecule has 0 bridgehead atoms. The molecule has 2 N–H and O–H groups in total. The Morgan fingerprint density at radius 2 is 1.71 bits per heavy atom. The molecule has 0 spiro atoms. The molecule has 0 saturated heterocycles. The number of carbonyl (C=O) groups excluding carboxylic acids is 2. The molecule has 0 heterocycles. The average Bonchev–Trinajstić information content (AvgIpc) is 2.42. The van der Waals surface area contributed by atoms with Crippen LogP contribution in [-0.2, 0) is 11.3 Å². The van der Waals surface area contributed by atoms with Gasteiger partial charge >= 0.3 is 18.2 Å². The Balaban J connectivity index is 2.42. The molecule has 0 aliphatic carbocycles. The van der Waals surface area contributed by atoms with Gasteiger partial charge in [-0.15, -0.1) is 0 Å². The molecule has 1 aromatic carbocycles. The van der Waals surface area contributed by atoms with Crippen LogP contribution in [0.25, 0.3) is 0 Å². The number of ether oxygens (including phenoxy) is 1. The summed E-state index contributed by atoms with van der Waals surface area (Å²) in [5.74, 6) is -1.62. The summed E-state index contributed by atoms with van der Waals surface area (Å²) in [5.41, 5.74) is 0.473. The van der Waals surface area contributed by atoms with E-state index in [1.807, 2.05) is 4.72 Å². The molecule has 134 valence electrons. The van der Waals surface area contributed by atoms with E-state index in [1.54, 1.807) is 45.0 Å². The molecule has 0 unspecified atom stereocenters. The number of rotatable bonds is 5. The van der Waals surface area contributed by atoms with Crippen LogP contribution in [0.15, 0.2) is 24.3 Å². The molecule has 2 amide bonds. The van der Waals surface area contributed by atoms with Gasteiger partial charge in [-0.3, -0.25) is 4.72 Å². The highest BCUT2D eigenvalue weighted by Crippen LogP contribution is 2.19. The number of urea groups is 1. The normalized spacial score (nSPS) is 11.8. The molecule has 0 fully saturated rings. The molecular weight excluding hydrogens is 345 g/mol. The molecule has 1 rings (SSSR count). The minimum absolute atomic E-state index is 0.118. The van der Waals surface area contributed by atoms with Crippen molar-refractivity contribution in [2.24, 2.45) is 0 Å². The van der Waals surface area contributed by atoms with Crippen LogP contribution in [0.2, 0.25) is 0 Å². The second-order valence-electron chi connectivity index (χ2n) is 5.89. The maximum Gasteiger partial charge on any atom is 0.399 e. The zero-order valence-corrected chi connectivity index (χ0v) is 14.3. The largest absolute Gasteiger partial charge is 0.456 e. The number of nitrogens with one attached hydrogen (secondary N) is 2. The van der Waals surface area contributed by atoms with Crippen LogP contribution in [0.5, 0.6) is 0 Å². The van der Waals surface area contributed by atoms with E-state index in [0.717, 1.165) is 0 Å². The summed E-state index contributed by atoms with van der Waals surface area (Å²) >= 11 is 0.267. The molecule has 0 aliphatic rings. The summed E-state index contributed by atoms with van der Waals surface area (Å²) in [6, 6.07) is 5.65. The lowest BCUT2D eigenvalue weighted by Crippen LogP contribution is -2.32. The van der Waals surface area contributed by atoms with E-state index in [1.165, 1.54) is 0 Å². The standard InChI is InChI=1S/C15H19F3N2O3S/c1-14(2,3)23-12(21)11-6-4-10(5-7-11)8-19-13(22)20-24-9-15(16,17)18/h4-7H,8-9H2,1-3H3,(H2,19,20,22). The number of amides is 2. The Hall–Kier alpha value is -1.90. The summed E-state index contributed by atoms with van der Waals surface area (Å²) in [7, 11) is 0. The third kappa shape index (κ3) is 8.66. The highest BCUT2D eigenvalue weighted by molar-refractivity contribution is 7.97. The van der Waals surface area contributed by atoms with Gasteiger partial charge in [0.15, 0.2) is 0 Å². The smallest absolute Gasteiger partial charge is 0.399 e. The van der Waals surface area contributed by atoms with Gasteiger partial charge < -0.3 is 10.1 Å². The number of hydrogen-bond donors (Lipinski definition) is 2. The molecule has 0 aromatic heterocycles. The number of halogens is 3. The quantitative estimate of drug-likeness (QED) is 0.618. The van der Waals surface area contributed by atoms with Gasteiger partial charge in [0.05, 0.1) is 5.56 Å². The van der Waals surface area contributed by atoms with Crippen molar-refractivity contribution in [3.05, 3.63) is 35.4 Å². The molecular formula is C15H19F3N2O3S. The maximum atomic E-state index is 11.9. The van der Waals surface area contributed by atoms with Gasteiger partial charge in [-0.2, -0.15) is 13.2 Å². The van der Waals surface area contributed by atoms with Crippen LogP contribution in [0, 0.1) is 0 Å². The van der Waals surface area contributed by atoms with Gasteiger partial charge in [-0.05, 0) is 50.4 Å². The number of alkyl halides is 3. The van der Waals surface area contributed by atoms with Gasteiger partial charge in [0.25, 0.3) is 0 Å². The Labute approximate surface area is 142 Å². The monoisotopic (exact) mass is 364 g/mol. The predicted octanol–water partition coefficient (Wildman–Crippen LogP) is 3.65. The van der Waals surface area contributed by atoms with Crippen molar-refractivity contribution >= 4 is 23.9 Å². The van der Waals surface area contributed by atoms with Gasteiger partial charge in [0, 0.05) is 6.54 Å². The van der Waals surface area contributed by atoms with Crippen molar-refractivity contribution in [3.63, 3.8) is 0 Å².